The lowest BCUT2D eigenvalue weighted by molar-refractivity contribution is -0.109. The molecule has 2 unspecified atom stereocenters. The van der Waals surface area contributed by atoms with Crippen LogP contribution in [0.1, 0.15) is 20.8 Å². The first-order chi connectivity index (χ1) is 6.40. The van der Waals surface area contributed by atoms with E-state index in [1.54, 1.807) is 0 Å². The quantitative estimate of drug-likeness (QED) is 0.483. The molecule has 0 aromatic carbocycles. The molecule has 14 heavy (non-hydrogen) atoms. The average Bonchev–Trinajstić information content (AvgIpc) is 2.02. The maximum atomic E-state index is 10.8. The molecule has 0 N–H and O–H groups in total. The summed E-state index contributed by atoms with van der Waals surface area (Å²) < 4.78 is 0. The van der Waals surface area contributed by atoms with Gasteiger partial charge in [-0.15, -0.1) is 0 Å². The third kappa shape index (κ3) is 1.72. The largest absolute Gasteiger partial charge is 0.302 e. The Morgan fingerprint density at radius 2 is 2.14 bits per heavy atom. The maximum Gasteiger partial charge on any atom is 0.130 e. The van der Waals surface area contributed by atoms with Crippen molar-refractivity contribution in [1.82, 2.24) is 0 Å². The molecule has 0 saturated carbocycles. The molecular formula is C13H18O. The van der Waals surface area contributed by atoms with Crippen molar-refractivity contribution in [2.24, 2.45) is 17.3 Å². The van der Waals surface area contributed by atoms with Gasteiger partial charge in [-0.2, -0.15) is 0 Å². The summed E-state index contributed by atoms with van der Waals surface area (Å²) in [6.07, 6.45) is 4.98. The predicted molar refractivity (Wildman–Crippen MR) is 59.9 cm³/mol. The zero-order chi connectivity index (χ0) is 10.9. The van der Waals surface area contributed by atoms with Gasteiger partial charge in [0.25, 0.3) is 0 Å². The minimum atomic E-state index is -0.135. The van der Waals surface area contributed by atoms with Crippen molar-refractivity contribution in [1.29, 1.82) is 0 Å². The van der Waals surface area contributed by atoms with Gasteiger partial charge in [0.15, 0.2) is 0 Å². The summed E-state index contributed by atoms with van der Waals surface area (Å²) >= 11 is 0. The predicted octanol–water partition coefficient (Wildman–Crippen LogP) is 3.15. The van der Waals surface area contributed by atoms with Crippen molar-refractivity contribution in [3.63, 3.8) is 0 Å². The molecule has 0 amide bonds. The number of carbonyl (C=O) groups excluding carboxylic acids is 1. The molecular weight excluding hydrogens is 172 g/mol. The first kappa shape index (κ1) is 11.0. The van der Waals surface area contributed by atoms with Crippen LogP contribution in [0.25, 0.3) is 0 Å². The van der Waals surface area contributed by atoms with E-state index in [4.69, 9.17) is 0 Å². The minimum Gasteiger partial charge on any atom is -0.302 e. The van der Waals surface area contributed by atoms with Gasteiger partial charge in [-0.25, -0.2) is 0 Å². The van der Waals surface area contributed by atoms with Crippen LogP contribution in [-0.4, -0.2) is 6.29 Å². The Morgan fingerprint density at radius 1 is 1.57 bits per heavy atom. The summed E-state index contributed by atoms with van der Waals surface area (Å²) in [6, 6.07) is 0. The fourth-order valence-corrected chi connectivity index (χ4v) is 2.33. The molecule has 1 aliphatic rings. The third-order valence-electron chi connectivity index (χ3n) is 2.92. The van der Waals surface area contributed by atoms with E-state index < -0.39 is 0 Å². The van der Waals surface area contributed by atoms with Crippen molar-refractivity contribution in [2.45, 2.75) is 20.8 Å². The lowest BCUT2D eigenvalue weighted by Gasteiger charge is -2.39. The number of rotatable bonds is 2. The number of hydrogen-bond donors (Lipinski definition) is 0. The van der Waals surface area contributed by atoms with Crippen LogP contribution in [-0.2, 0) is 4.79 Å². The first-order valence-corrected chi connectivity index (χ1v) is 4.89. The van der Waals surface area contributed by atoms with Gasteiger partial charge >= 0.3 is 0 Å². The summed E-state index contributed by atoms with van der Waals surface area (Å²) in [4.78, 5) is 10.8. The van der Waals surface area contributed by atoms with Crippen molar-refractivity contribution in [3.05, 3.63) is 36.5 Å². The maximum absolute atomic E-state index is 10.8. The van der Waals surface area contributed by atoms with Gasteiger partial charge in [0.1, 0.15) is 6.29 Å². The fourth-order valence-electron chi connectivity index (χ4n) is 2.33. The number of allylic oxidation sites excluding steroid dienone is 4. The molecule has 0 bridgehead atoms. The summed E-state index contributed by atoms with van der Waals surface area (Å²) in [5, 5.41) is 0. The SMILES string of the molecule is C=C(C)C1C(=C)C(C=O)C=CC1(C)C. The highest BCUT2D eigenvalue weighted by Crippen LogP contribution is 2.44. The van der Waals surface area contributed by atoms with Crippen LogP contribution in [0, 0.1) is 17.3 Å². The molecule has 0 aliphatic heterocycles. The monoisotopic (exact) mass is 190 g/mol. The van der Waals surface area contributed by atoms with Gasteiger partial charge < -0.3 is 4.79 Å². The Morgan fingerprint density at radius 3 is 2.57 bits per heavy atom. The Bertz CT molecular complexity index is 307. The molecule has 1 heteroatoms. The lowest BCUT2D eigenvalue weighted by atomic mass is 9.65. The summed E-state index contributed by atoms with van der Waals surface area (Å²) in [6.45, 7) is 14.3. The highest BCUT2D eigenvalue weighted by atomic mass is 16.1. The third-order valence-corrected chi connectivity index (χ3v) is 2.92. The zero-order valence-electron chi connectivity index (χ0n) is 9.21. The van der Waals surface area contributed by atoms with Gasteiger partial charge in [0.05, 0.1) is 5.92 Å². The molecule has 0 aromatic rings. The molecule has 0 radical (unpaired) electrons. The van der Waals surface area contributed by atoms with Crippen molar-refractivity contribution < 1.29 is 4.79 Å². The van der Waals surface area contributed by atoms with Gasteiger partial charge in [-0.05, 0) is 12.3 Å². The van der Waals surface area contributed by atoms with Gasteiger partial charge in [-0.3, -0.25) is 0 Å². The Labute approximate surface area is 86.2 Å². The van der Waals surface area contributed by atoms with E-state index in [1.165, 1.54) is 0 Å². The zero-order valence-corrected chi connectivity index (χ0v) is 9.21. The van der Waals surface area contributed by atoms with Crippen LogP contribution < -0.4 is 0 Å². The number of hydrogen-bond acceptors (Lipinski definition) is 1. The van der Waals surface area contributed by atoms with Crippen LogP contribution >= 0.6 is 0 Å². The number of aldehydes is 1. The van der Waals surface area contributed by atoms with E-state index in [9.17, 15) is 4.79 Å². The molecule has 0 spiro atoms. The van der Waals surface area contributed by atoms with Crippen LogP contribution in [0.3, 0.4) is 0 Å². The summed E-state index contributed by atoms with van der Waals surface area (Å²) in [5.74, 6) is 0.0763. The minimum absolute atomic E-state index is 0.0302. The Hall–Kier alpha value is -1.11. The second kappa shape index (κ2) is 3.56. The van der Waals surface area contributed by atoms with Crippen LogP contribution in [0.4, 0.5) is 0 Å². The summed E-state index contributed by atoms with van der Waals surface area (Å²) in [5.41, 5.74) is 2.08. The molecule has 0 heterocycles. The smallest absolute Gasteiger partial charge is 0.130 e. The fraction of sp³-hybridized carbons (Fsp3) is 0.462. The van der Waals surface area contributed by atoms with Gasteiger partial charge in [-0.1, -0.05) is 50.3 Å². The van der Waals surface area contributed by atoms with Gasteiger partial charge in [0.2, 0.25) is 0 Å². The molecule has 1 rings (SSSR count). The molecule has 1 nitrogen and oxygen atoms in total. The molecule has 0 fully saturated rings. The molecule has 0 aromatic heterocycles. The Kier molecular flexibility index (Phi) is 2.79. The van der Waals surface area contributed by atoms with Crippen LogP contribution in [0.5, 0.6) is 0 Å². The highest BCUT2D eigenvalue weighted by Gasteiger charge is 2.35. The standard InChI is InChI=1S/C13H18O/c1-9(2)12-10(3)11(8-14)6-7-13(12,4)5/h6-8,11-12H,1,3H2,2,4-5H3. The van der Waals surface area contributed by atoms with Crippen molar-refractivity contribution >= 4 is 6.29 Å². The van der Waals surface area contributed by atoms with E-state index in [0.717, 1.165) is 17.4 Å². The second-order valence-electron chi connectivity index (χ2n) is 4.70. The molecule has 76 valence electrons. The van der Waals surface area contributed by atoms with E-state index in [2.05, 4.69) is 33.1 Å². The summed E-state index contributed by atoms with van der Waals surface area (Å²) in [7, 11) is 0. The normalized spacial score (nSPS) is 30.1. The second-order valence-corrected chi connectivity index (χ2v) is 4.70. The number of carbonyl (C=O) groups is 1. The molecule has 2 atom stereocenters. The van der Waals surface area contributed by atoms with Gasteiger partial charge in [0, 0.05) is 5.92 Å². The van der Waals surface area contributed by atoms with Crippen molar-refractivity contribution in [3.8, 4) is 0 Å². The van der Waals surface area contributed by atoms with Crippen molar-refractivity contribution in [2.75, 3.05) is 0 Å². The average molecular weight is 190 g/mol. The molecule has 1 aliphatic carbocycles. The van der Waals surface area contributed by atoms with Crippen LogP contribution in [0.2, 0.25) is 0 Å². The highest BCUT2D eigenvalue weighted by molar-refractivity contribution is 5.63. The van der Waals surface area contributed by atoms with E-state index in [0.29, 0.717) is 0 Å². The topological polar surface area (TPSA) is 17.1 Å². The molecule has 0 saturated heterocycles. The first-order valence-electron chi connectivity index (χ1n) is 4.89. The van der Waals surface area contributed by atoms with Crippen LogP contribution in [0.15, 0.2) is 36.5 Å². The Balaban J connectivity index is 3.13. The lowest BCUT2D eigenvalue weighted by Crippen LogP contribution is -2.31. The van der Waals surface area contributed by atoms with E-state index in [1.807, 2.05) is 13.0 Å². The van der Waals surface area contributed by atoms with E-state index in [-0.39, 0.29) is 17.3 Å². The van der Waals surface area contributed by atoms with E-state index >= 15 is 0 Å².